The molecule has 0 aromatic heterocycles. The quantitative estimate of drug-likeness (QED) is 0.660. The molecular weight excluding hydrogens is 238 g/mol. The molecule has 0 aliphatic carbocycles. The molecule has 110 valence electrons. The molecule has 1 N–H and O–H groups in total. The highest BCUT2D eigenvalue weighted by Crippen LogP contribution is 2.12. The number of rotatable bonds is 8. The first-order valence-electron chi connectivity index (χ1n) is 7.20. The first kappa shape index (κ1) is 17.8. The van der Waals surface area contributed by atoms with Crippen LogP contribution >= 0.6 is 0 Å². The van der Waals surface area contributed by atoms with Crippen molar-refractivity contribution in [1.29, 1.82) is 0 Å². The van der Waals surface area contributed by atoms with E-state index in [1.54, 1.807) is 0 Å². The SMILES string of the molecule is CCNC(=O)OC(C)C=CCC(C)CCC=C(C)C. The Hall–Kier alpha value is -1.25. The Labute approximate surface area is 118 Å². The molecule has 0 aromatic carbocycles. The normalized spacial score (nSPS) is 13.9. The Bertz CT molecular complexity index is 304. The van der Waals surface area contributed by atoms with E-state index in [1.165, 1.54) is 12.0 Å². The Morgan fingerprint density at radius 1 is 1.32 bits per heavy atom. The number of amides is 1. The number of carbonyl (C=O) groups excluding carboxylic acids is 1. The van der Waals surface area contributed by atoms with Crippen molar-refractivity contribution < 1.29 is 9.53 Å². The van der Waals surface area contributed by atoms with Crippen molar-refractivity contribution in [2.75, 3.05) is 6.54 Å². The average Bonchev–Trinajstić information content (AvgIpc) is 2.28. The zero-order valence-corrected chi connectivity index (χ0v) is 13.0. The van der Waals surface area contributed by atoms with Gasteiger partial charge in [-0.3, -0.25) is 0 Å². The second-order valence-corrected chi connectivity index (χ2v) is 5.27. The number of hydrogen-bond acceptors (Lipinski definition) is 2. The van der Waals surface area contributed by atoms with Gasteiger partial charge in [0.2, 0.25) is 0 Å². The standard InChI is InChI=1S/C16H29NO2/c1-6-17-16(18)19-15(5)12-8-11-14(4)10-7-9-13(2)3/h8-9,12,14-15H,6-7,10-11H2,1-5H3,(H,17,18). The van der Waals surface area contributed by atoms with Crippen LogP contribution in [0.1, 0.15) is 53.9 Å². The first-order chi connectivity index (χ1) is 8.95. The van der Waals surface area contributed by atoms with Crippen LogP contribution in [-0.2, 0) is 4.74 Å². The number of nitrogens with one attached hydrogen (secondary N) is 1. The largest absolute Gasteiger partial charge is 0.442 e. The molecule has 1 amide bonds. The lowest BCUT2D eigenvalue weighted by Gasteiger charge is -2.10. The van der Waals surface area contributed by atoms with Gasteiger partial charge in [0.05, 0.1) is 0 Å². The Morgan fingerprint density at radius 3 is 2.58 bits per heavy atom. The van der Waals surface area contributed by atoms with Gasteiger partial charge in [-0.1, -0.05) is 24.6 Å². The van der Waals surface area contributed by atoms with Crippen LogP contribution in [0.15, 0.2) is 23.8 Å². The molecule has 2 unspecified atom stereocenters. The molecule has 0 aliphatic rings. The fourth-order valence-electron chi connectivity index (χ4n) is 1.67. The molecular formula is C16H29NO2. The van der Waals surface area contributed by atoms with Crippen LogP contribution in [0.4, 0.5) is 4.79 Å². The Balaban J connectivity index is 3.81. The number of carbonyl (C=O) groups is 1. The molecule has 0 heterocycles. The molecule has 0 aliphatic heterocycles. The van der Waals surface area contributed by atoms with E-state index in [0.29, 0.717) is 12.5 Å². The second-order valence-electron chi connectivity index (χ2n) is 5.27. The van der Waals surface area contributed by atoms with Crippen LogP contribution in [0.3, 0.4) is 0 Å². The number of allylic oxidation sites excluding steroid dienone is 3. The molecule has 0 aromatic rings. The smallest absolute Gasteiger partial charge is 0.407 e. The monoisotopic (exact) mass is 267 g/mol. The zero-order valence-electron chi connectivity index (χ0n) is 13.0. The molecule has 3 heteroatoms. The molecule has 19 heavy (non-hydrogen) atoms. The number of ether oxygens (including phenoxy) is 1. The minimum absolute atomic E-state index is 0.170. The van der Waals surface area contributed by atoms with Crippen molar-refractivity contribution >= 4 is 6.09 Å². The third-order valence-electron chi connectivity index (χ3n) is 2.77. The van der Waals surface area contributed by atoms with Crippen molar-refractivity contribution in [2.45, 2.75) is 60.0 Å². The Kier molecular flexibility index (Phi) is 9.95. The maximum absolute atomic E-state index is 11.2. The zero-order chi connectivity index (χ0) is 14.7. The summed E-state index contributed by atoms with van der Waals surface area (Å²) in [6.07, 6.45) is 9.18. The lowest BCUT2D eigenvalue weighted by atomic mass is 10.0. The third kappa shape index (κ3) is 11.6. The summed E-state index contributed by atoms with van der Waals surface area (Å²) in [7, 11) is 0. The van der Waals surface area contributed by atoms with E-state index in [2.05, 4.69) is 38.2 Å². The van der Waals surface area contributed by atoms with E-state index in [-0.39, 0.29) is 12.2 Å². The molecule has 0 saturated carbocycles. The summed E-state index contributed by atoms with van der Waals surface area (Å²) in [6.45, 7) is 10.8. The van der Waals surface area contributed by atoms with E-state index in [4.69, 9.17) is 4.74 Å². The van der Waals surface area contributed by atoms with Crippen molar-refractivity contribution in [3.8, 4) is 0 Å². The van der Waals surface area contributed by atoms with Gasteiger partial charge in [0, 0.05) is 6.54 Å². The highest BCUT2D eigenvalue weighted by atomic mass is 16.6. The summed E-state index contributed by atoms with van der Waals surface area (Å²) < 4.78 is 5.14. The lowest BCUT2D eigenvalue weighted by Crippen LogP contribution is -2.26. The number of hydrogen-bond donors (Lipinski definition) is 1. The van der Waals surface area contributed by atoms with Gasteiger partial charge >= 0.3 is 6.09 Å². The molecule has 0 bridgehead atoms. The minimum atomic E-state index is -0.351. The van der Waals surface area contributed by atoms with Crippen molar-refractivity contribution in [2.24, 2.45) is 5.92 Å². The van der Waals surface area contributed by atoms with Gasteiger partial charge in [0.15, 0.2) is 0 Å². The highest BCUT2D eigenvalue weighted by Gasteiger charge is 2.04. The Morgan fingerprint density at radius 2 is 2.00 bits per heavy atom. The molecule has 2 atom stereocenters. The van der Waals surface area contributed by atoms with Gasteiger partial charge in [-0.25, -0.2) is 4.79 Å². The minimum Gasteiger partial charge on any atom is -0.442 e. The van der Waals surface area contributed by atoms with Crippen LogP contribution in [0.2, 0.25) is 0 Å². The van der Waals surface area contributed by atoms with E-state index in [0.717, 1.165) is 12.8 Å². The summed E-state index contributed by atoms with van der Waals surface area (Å²) in [5, 5.41) is 2.61. The first-order valence-corrected chi connectivity index (χ1v) is 7.20. The molecule has 0 fully saturated rings. The summed E-state index contributed by atoms with van der Waals surface area (Å²) in [6, 6.07) is 0. The lowest BCUT2D eigenvalue weighted by molar-refractivity contribution is 0.127. The fraction of sp³-hybridized carbons (Fsp3) is 0.688. The molecule has 0 radical (unpaired) electrons. The van der Waals surface area contributed by atoms with Gasteiger partial charge in [-0.2, -0.15) is 0 Å². The number of alkyl carbamates (subject to hydrolysis) is 1. The van der Waals surface area contributed by atoms with Gasteiger partial charge in [-0.05, 0) is 59.0 Å². The van der Waals surface area contributed by atoms with Crippen molar-refractivity contribution in [1.82, 2.24) is 5.32 Å². The maximum Gasteiger partial charge on any atom is 0.407 e. The average molecular weight is 267 g/mol. The van der Waals surface area contributed by atoms with Gasteiger partial charge in [0.25, 0.3) is 0 Å². The molecule has 3 nitrogen and oxygen atoms in total. The second kappa shape index (κ2) is 10.7. The van der Waals surface area contributed by atoms with Crippen LogP contribution in [0.5, 0.6) is 0 Å². The van der Waals surface area contributed by atoms with Crippen LogP contribution in [-0.4, -0.2) is 18.7 Å². The summed E-state index contributed by atoms with van der Waals surface area (Å²) in [5.74, 6) is 0.656. The van der Waals surface area contributed by atoms with Crippen LogP contribution in [0, 0.1) is 5.92 Å². The van der Waals surface area contributed by atoms with E-state index in [1.807, 2.05) is 19.9 Å². The highest BCUT2D eigenvalue weighted by molar-refractivity contribution is 5.67. The van der Waals surface area contributed by atoms with Crippen LogP contribution in [0.25, 0.3) is 0 Å². The predicted molar refractivity (Wildman–Crippen MR) is 81.2 cm³/mol. The van der Waals surface area contributed by atoms with Crippen molar-refractivity contribution in [3.63, 3.8) is 0 Å². The van der Waals surface area contributed by atoms with Gasteiger partial charge in [0.1, 0.15) is 6.10 Å². The molecule has 0 saturated heterocycles. The topological polar surface area (TPSA) is 38.3 Å². The van der Waals surface area contributed by atoms with E-state index >= 15 is 0 Å². The third-order valence-corrected chi connectivity index (χ3v) is 2.77. The predicted octanol–water partition coefficient (Wildman–Crippen LogP) is 4.45. The van der Waals surface area contributed by atoms with Gasteiger partial charge < -0.3 is 10.1 Å². The molecule has 0 spiro atoms. The van der Waals surface area contributed by atoms with E-state index in [9.17, 15) is 4.79 Å². The van der Waals surface area contributed by atoms with Crippen LogP contribution < -0.4 is 5.32 Å². The fourth-order valence-corrected chi connectivity index (χ4v) is 1.67. The maximum atomic E-state index is 11.2. The summed E-state index contributed by atoms with van der Waals surface area (Å²) in [4.78, 5) is 11.2. The van der Waals surface area contributed by atoms with E-state index < -0.39 is 0 Å². The molecule has 0 rings (SSSR count). The summed E-state index contributed by atoms with van der Waals surface area (Å²) in [5.41, 5.74) is 1.38. The summed E-state index contributed by atoms with van der Waals surface area (Å²) >= 11 is 0. The van der Waals surface area contributed by atoms with Gasteiger partial charge in [-0.15, -0.1) is 0 Å². The van der Waals surface area contributed by atoms with Crippen molar-refractivity contribution in [3.05, 3.63) is 23.8 Å².